The molecule has 88 valence electrons. The standard InChI is InChI=1S/C14H14O3/c15-13-9-5-4-8-12(13)14(16)10-17-11-6-2-1-3-7-11/h1-9,14-16H,10H2. The molecule has 0 aliphatic rings. The zero-order chi connectivity index (χ0) is 12.1. The summed E-state index contributed by atoms with van der Waals surface area (Å²) in [4.78, 5) is 0. The Morgan fingerprint density at radius 3 is 2.29 bits per heavy atom. The lowest BCUT2D eigenvalue weighted by molar-refractivity contribution is 0.106. The first-order valence-electron chi connectivity index (χ1n) is 5.41. The summed E-state index contributed by atoms with van der Waals surface area (Å²) in [5.74, 6) is 0.777. The van der Waals surface area contributed by atoms with Crippen LogP contribution in [0.25, 0.3) is 0 Å². The molecule has 0 aliphatic carbocycles. The number of para-hydroxylation sites is 2. The Morgan fingerprint density at radius 1 is 0.941 bits per heavy atom. The largest absolute Gasteiger partial charge is 0.508 e. The van der Waals surface area contributed by atoms with Gasteiger partial charge in [-0.25, -0.2) is 0 Å². The molecule has 3 heteroatoms. The van der Waals surface area contributed by atoms with E-state index >= 15 is 0 Å². The van der Waals surface area contributed by atoms with Gasteiger partial charge in [0, 0.05) is 5.56 Å². The van der Waals surface area contributed by atoms with Gasteiger partial charge in [0.25, 0.3) is 0 Å². The Bertz CT molecular complexity index is 468. The summed E-state index contributed by atoms with van der Waals surface area (Å²) in [6.45, 7) is 0.113. The van der Waals surface area contributed by atoms with Crippen LogP contribution in [0.2, 0.25) is 0 Å². The van der Waals surface area contributed by atoms with Crippen LogP contribution in [0.1, 0.15) is 11.7 Å². The van der Waals surface area contributed by atoms with Crippen molar-refractivity contribution in [3.63, 3.8) is 0 Å². The van der Waals surface area contributed by atoms with Gasteiger partial charge in [0.15, 0.2) is 0 Å². The normalized spacial score (nSPS) is 12.1. The molecule has 0 spiro atoms. The monoisotopic (exact) mass is 230 g/mol. The third-order valence-electron chi connectivity index (χ3n) is 2.45. The highest BCUT2D eigenvalue weighted by Gasteiger charge is 2.12. The van der Waals surface area contributed by atoms with Crippen molar-refractivity contribution in [1.29, 1.82) is 0 Å². The van der Waals surface area contributed by atoms with Crippen LogP contribution >= 0.6 is 0 Å². The van der Waals surface area contributed by atoms with Crippen LogP contribution in [0.5, 0.6) is 11.5 Å². The zero-order valence-electron chi connectivity index (χ0n) is 9.28. The summed E-state index contributed by atoms with van der Waals surface area (Å²) < 4.78 is 5.42. The van der Waals surface area contributed by atoms with Gasteiger partial charge in [0.1, 0.15) is 24.2 Å². The highest BCUT2D eigenvalue weighted by atomic mass is 16.5. The first-order chi connectivity index (χ1) is 8.27. The number of rotatable bonds is 4. The van der Waals surface area contributed by atoms with Crippen molar-refractivity contribution < 1.29 is 14.9 Å². The third kappa shape index (κ3) is 2.98. The van der Waals surface area contributed by atoms with Gasteiger partial charge < -0.3 is 14.9 Å². The van der Waals surface area contributed by atoms with Crippen LogP contribution in [0.4, 0.5) is 0 Å². The molecule has 0 saturated heterocycles. The van der Waals surface area contributed by atoms with Crippen molar-refractivity contribution in [3.05, 3.63) is 60.2 Å². The van der Waals surface area contributed by atoms with Crippen LogP contribution in [0.3, 0.4) is 0 Å². The van der Waals surface area contributed by atoms with Gasteiger partial charge in [-0.1, -0.05) is 36.4 Å². The fourth-order valence-electron chi connectivity index (χ4n) is 1.55. The van der Waals surface area contributed by atoms with E-state index in [1.165, 1.54) is 0 Å². The summed E-state index contributed by atoms with van der Waals surface area (Å²) in [5.41, 5.74) is 0.475. The molecule has 0 fully saturated rings. The average Bonchev–Trinajstić information content (AvgIpc) is 2.38. The molecule has 0 bridgehead atoms. The zero-order valence-corrected chi connectivity index (χ0v) is 9.28. The molecular weight excluding hydrogens is 216 g/mol. The lowest BCUT2D eigenvalue weighted by Gasteiger charge is -2.13. The minimum atomic E-state index is -0.837. The summed E-state index contributed by atoms with van der Waals surface area (Å²) in [5, 5.41) is 19.4. The van der Waals surface area contributed by atoms with Crippen LogP contribution in [0, 0.1) is 0 Å². The number of phenols is 1. The van der Waals surface area contributed by atoms with E-state index in [0.29, 0.717) is 11.3 Å². The fourth-order valence-corrected chi connectivity index (χ4v) is 1.55. The van der Waals surface area contributed by atoms with Gasteiger partial charge in [0.05, 0.1) is 0 Å². The molecule has 0 heterocycles. The van der Waals surface area contributed by atoms with E-state index in [-0.39, 0.29) is 12.4 Å². The predicted molar refractivity (Wildman–Crippen MR) is 65.0 cm³/mol. The molecule has 0 aromatic heterocycles. The minimum Gasteiger partial charge on any atom is -0.508 e. The number of ether oxygens (including phenoxy) is 1. The number of aromatic hydroxyl groups is 1. The summed E-state index contributed by atoms with van der Waals surface area (Å²) in [7, 11) is 0. The lowest BCUT2D eigenvalue weighted by Crippen LogP contribution is -2.09. The van der Waals surface area contributed by atoms with Crippen molar-refractivity contribution in [3.8, 4) is 11.5 Å². The van der Waals surface area contributed by atoms with Gasteiger partial charge in [-0.05, 0) is 18.2 Å². The van der Waals surface area contributed by atoms with Crippen molar-refractivity contribution in [2.45, 2.75) is 6.10 Å². The third-order valence-corrected chi connectivity index (χ3v) is 2.45. The van der Waals surface area contributed by atoms with Gasteiger partial charge >= 0.3 is 0 Å². The second-order valence-corrected chi connectivity index (χ2v) is 3.70. The highest BCUT2D eigenvalue weighted by molar-refractivity contribution is 5.33. The number of hydrogen-bond donors (Lipinski definition) is 2. The fraction of sp³-hybridized carbons (Fsp3) is 0.143. The molecule has 2 rings (SSSR count). The molecule has 17 heavy (non-hydrogen) atoms. The molecule has 3 nitrogen and oxygen atoms in total. The number of hydrogen-bond acceptors (Lipinski definition) is 3. The maximum absolute atomic E-state index is 9.88. The minimum absolute atomic E-state index is 0.0802. The SMILES string of the molecule is Oc1ccccc1C(O)COc1ccccc1. The van der Waals surface area contributed by atoms with E-state index in [0.717, 1.165) is 0 Å². The molecule has 0 radical (unpaired) electrons. The van der Waals surface area contributed by atoms with Gasteiger partial charge in [-0.2, -0.15) is 0 Å². The van der Waals surface area contributed by atoms with Crippen LogP contribution < -0.4 is 4.74 Å². The molecule has 1 atom stereocenters. The number of aliphatic hydroxyl groups is 1. The molecule has 2 aromatic rings. The lowest BCUT2D eigenvalue weighted by atomic mass is 10.1. The molecule has 1 unspecified atom stereocenters. The average molecular weight is 230 g/mol. The van der Waals surface area contributed by atoms with E-state index in [9.17, 15) is 10.2 Å². The van der Waals surface area contributed by atoms with Crippen LogP contribution in [0.15, 0.2) is 54.6 Å². The molecule has 0 saturated carbocycles. The predicted octanol–water partition coefficient (Wildman–Crippen LogP) is 2.50. The first kappa shape index (κ1) is 11.5. The Morgan fingerprint density at radius 2 is 1.59 bits per heavy atom. The summed E-state index contributed by atoms with van der Waals surface area (Å²) >= 11 is 0. The molecular formula is C14H14O3. The quantitative estimate of drug-likeness (QED) is 0.848. The smallest absolute Gasteiger partial charge is 0.121 e. The summed E-state index contributed by atoms with van der Waals surface area (Å²) in [6.07, 6.45) is -0.837. The summed E-state index contributed by atoms with van der Waals surface area (Å²) in [6, 6.07) is 15.9. The van der Waals surface area contributed by atoms with Crippen molar-refractivity contribution >= 4 is 0 Å². The Labute approximate surface area is 99.9 Å². The molecule has 0 aliphatic heterocycles. The maximum atomic E-state index is 9.88. The maximum Gasteiger partial charge on any atom is 0.121 e. The topological polar surface area (TPSA) is 49.7 Å². The van der Waals surface area contributed by atoms with Gasteiger partial charge in [-0.3, -0.25) is 0 Å². The number of benzene rings is 2. The highest BCUT2D eigenvalue weighted by Crippen LogP contribution is 2.24. The van der Waals surface area contributed by atoms with Crippen LogP contribution in [-0.2, 0) is 0 Å². The molecule has 2 aromatic carbocycles. The Balaban J connectivity index is 1.99. The van der Waals surface area contributed by atoms with Gasteiger partial charge in [0.2, 0.25) is 0 Å². The second-order valence-electron chi connectivity index (χ2n) is 3.70. The van der Waals surface area contributed by atoms with E-state index < -0.39 is 6.10 Å². The Hall–Kier alpha value is -2.00. The van der Waals surface area contributed by atoms with E-state index in [4.69, 9.17) is 4.74 Å². The van der Waals surface area contributed by atoms with E-state index in [1.54, 1.807) is 24.3 Å². The first-order valence-corrected chi connectivity index (χ1v) is 5.41. The van der Waals surface area contributed by atoms with Crippen molar-refractivity contribution in [2.24, 2.45) is 0 Å². The Kier molecular flexibility index (Phi) is 3.62. The number of phenolic OH excluding ortho intramolecular Hbond substituents is 1. The van der Waals surface area contributed by atoms with E-state index in [1.807, 2.05) is 30.3 Å². The molecule has 0 amide bonds. The molecule has 2 N–H and O–H groups in total. The second kappa shape index (κ2) is 5.37. The van der Waals surface area contributed by atoms with Gasteiger partial charge in [-0.15, -0.1) is 0 Å². The number of aliphatic hydroxyl groups excluding tert-OH is 1. The van der Waals surface area contributed by atoms with E-state index in [2.05, 4.69) is 0 Å². The van der Waals surface area contributed by atoms with Crippen molar-refractivity contribution in [1.82, 2.24) is 0 Å². The van der Waals surface area contributed by atoms with Crippen LogP contribution in [-0.4, -0.2) is 16.8 Å². The van der Waals surface area contributed by atoms with Crippen molar-refractivity contribution in [2.75, 3.05) is 6.61 Å².